The number of nitrogens with two attached hydrogens (primary N) is 1. The predicted octanol–water partition coefficient (Wildman–Crippen LogP) is 3.56. The molecule has 0 aliphatic heterocycles. The van der Waals surface area contributed by atoms with Gasteiger partial charge in [0, 0.05) is 24.0 Å². The molecule has 0 atom stereocenters. The van der Waals surface area contributed by atoms with E-state index in [1.165, 1.54) is 0 Å². The molecule has 0 saturated carbocycles. The van der Waals surface area contributed by atoms with Crippen molar-refractivity contribution < 1.29 is 9.15 Å². The molecular weight excluding hydrogens is 360 g/mol. The second-order valence-corrected chi connectivity index (χ2v) is 5.51. The van der Waals surface area contributed by atoms with Crippen LogP contribution in [0.5, 0.6) is 5.75 Å². The number of rotatable bonds is 5. The fourth-order valence-corrected chi connectivity index (χ4v) is 2.37. The minimum Gasteiger partial charge on any atom is -0.488 e. The van der Waals surface area contributed by atoms with Crippen LogP contribution < -0.4 is 10.5 Å². The third-order valence-corrected chi connectivity index (χ3v) is 3.57. The number of anilines is 1. The number of aromatic nitrogens is 3. The second-order valence-electron chi connectivity index (χ2n) is 4.65. The zero-order valence-corrected chi connectivity index (χ0v) is 13.6. The van der Waals surface area contributed by atoms with Crippen LogP contribution in [0.4, 0.5) is 6.01 Å². The van der Waals surface area contributed by atoms with Crippen molar-refractivity contribution in [3.05, 3.63) is 64.2 Å². The van der Waals surface area contributed by atoms with Crippen molar-refractivity contribution in [1.29, 1.82) is 0 Å². The van der Waals surface area contributed by atoms with Crippen molar-refractivity contribution in [3.8, 4) is 5.75 Å². The molecule has 6 nitrogen and oxygen atoms in total. The minimum atomic E-state index is 0.0463. The van der Waals surface area contributed by atoms with E-state index in [4.69, 9.17) is 14.9 Å². The summed E-state index contributed by atoms with van der Waals surface area (Å²) in [6, 6.07) is 9.65. The molecular formula is C16H13BrN4O2. The van der Waals surface area contributed by atoms with E-state index in [9.17, 15) is 0 Å². The number of ether oxygens (including phenoxy) is 1. The van der Waals surface area contributed by atoms with Crippen LogP contribution in [0.3, 0.4) is 0 Å². The highest BCUT2D eigenvalue weighted by atomic mass is 79.9. The van der Waals surface area contributed by atoms with Crippen LogP contribution in [0.25, 0.3) is 12.2 Å². The summed E-state index contributed by atoms with van der Waals surface area (Å²) < 4.78 is 11.7. The maximum atomic E-state index is 5.78. The van der Waals surface area contributed by atoms with E-state index in [2.05, 4.69) is 31.1 Å². The van der Waals surface area contributed by atoms with E-state index in [1.807, 2.05) is 36.4 Å². The zero-order valence-electron chi connectivity index (χ0n) is 12.0. The highest BCUT2D eigenvalue weighted by molar-refractivity contribution is 9.10. The molecule has 2 heterocycles. The number of pyridine rings is 1. The lowest BCUT2D eigenvalue weighted by Gasteiger charge is -2.08. The van der Waals surface area contributed by atoms with E-state index >= 15 is 0 Å². The van der Waals surface area contributed by atoms with Gasteiger partial charge in [0.25, 0.3) is 0 Å². The fraction of sp³-hybridized carbons (Fsp3) is 0.0625. The Bertz CT molecular complexity index is 818. The molecule has 23 heavy (non-hydrogen) atoms. The van der Waals surface area contributed by atoms with Gasteiger partial charge in [-0.05, 0) is 45.8 Å². The Morgan fingerprint density at radius 2 is 2.13 bits per heavy atom. The minimum absolute atomic E-state index is 0.0463. The molecule has 3 aromatic rings. The third kappa shape index (κ3) is 4.17. The first-order chi connectivity index (χ1) is 11.2. The Labute approximate surface area is 141 Å². The Morgan fingerprint density at radius 3 is 2.83 bits per heavy atom. The van der Waals surface area contributed by atoms with Gasteiger partial charge in [0.2, 0.25) is 5.89 Å². The van der Waals surface area contributed by atoms with Crippen LogP contribution in [0.1, 0.15) is 17.0 Å². The zero-order chi connectivity index (χ0) is 16.1. The summed E-state index contributed by atoms with van der Waals surface area (Å²) in [6.07, 6.45) is 7.06. The van der Waals surface area contributed by atoms with E-state index in [0.29, 0.717) is 12.5 Å². The van der Waals surface area contributed by atoms with Gasteiger partial charge in [-0.25, -0.2) is 0 Å². The average Bonchev–Trinajstić information content (AvgIpc) is 2.98. The molecule has 3 rings (SSSR count). The molecule has 7 heteroatoms. The first-order valence-corrected chi connectivity index (χ1v) is 7.58. The van der Waals surface area contributed by atoms with Gasteiger partial charge in [-0.15, -0.1) is 5.10 Å². The molecule has 0 unspecified atom stereocenters. The van der Waals surface area contributed by atoms with Gasteiger partial charge in [0.1, 0.15) is 12.4 Å². The number of benzene rings is 1. The molecule has 116 valence electrons. The maximum absolute atomic E-state index is 5.78. The van der Waals surface area contributed by atoms with Crippen LogP contribution >= 0.6 is 15.9 Å². The topological polar surface area (TPSA) is 87.1 Å². The smallest absolute Gasteiger partial charge is 0.313 e. The van der Waals surface area contributed by atoms with Crippen LogP contribution in [0.15, 0.2) is 51.6 Å². The Kier molecular flexibility index (Phi) is 4.68. The van der Waals surface area contributed by atoms with E-state index in [0.717, 1.165) is 21.3 Å². The van der Waals surface area contributed by atoms with Crippen LogP contribution in [0, 0.1) is 0 Å². The van der Waals surface area contributed by atoms with Crippen molar-refractivity contribution in [2.24, 2.45) is 0 Å². The molecule has 1 aromatic carbocycles. The predicted molar refractivity (Wildman–Crippen MR) is 90.3 cm³/mol. The number of halogens is 1. The monoisotopic (exact) mass is 372 g/mol. The van der Waals surface area contributed by atoms with Crippen molar-refractivity contribution in [1.82, 2.24) is 15.2 Å². The quantitative estimate of drug-likeness (QED) is 0.736. The summed E-state index contributed by atoms with van der Waals surface area (Å²) in [7, 11) is 0. The van der Waals surface area contributed by atoms with Gasteiger partial charge in [0.05, 0.1) is 4.47 Å². The molecule has 0 bridgehead atoms. The molecule has 0 saturated heterocycles. The first-order valence-electron chi connectivity index (χ1n) is 6.79. The number of nitrogens with zero attached hydrogens (tertiary/aromatic N) is 3. The molecule has 0 spiro atoms. The largest absolute Gasteiger partial charge is 0.488 e. The molecule has 2 aromatic heterocycles. The third-order valence-electron chi connectivity index (χ3n) is 2.95. The number of hydrogen-bond acceptors (Lipinski definition) is 6. The molecule has 0 aliphatic rings. The van der Waals surface area contributed by atoms with Gasteiger partial charge < -0.3 is 14.9 Å². The molecule has 0 amide bonds. The van der Waals surface area contributed by atoms with E-state index in [-0.39, 0.29) is 6.01 Å². The average molecular weight is 373 g/mol. The molecule has 0 fully saturated rings. The summed E-state index contributed by atoms with van der Waals surface area (Å²) in [5.74, 6) is 1.11. The van der Waals surface area contributed by atoms with E-state index < -0.39 is 0 Å². The number of hydrogen-bond donors (Lipinski definition) is 1. The summed E-state index contributed by atoms with van der Waals surface area (Å²) in [6.45, 7) is 0.461. The van der Waals surface area contributed by atoms with Crippen molar-refractivity contribution in [2.75, 3.05) is 5.73 Å². The van der Waals surface area contributed by atoms with Gasteiger partial charge in [-0.2, -0.15) is 0 Å². The van der Waals surface area contributed by atoms with Crippen molar-refractivity contribution in [2.45, 2.75) is 6.61 Å². The Hall–Kier alpha value is -2.67. The lowest BCUT2D eigenvalue weighted by molar-refractivity contribution is 0.304. The van der Waals surface area contributed by atoms with Crippen molar-refractivity contribution >= 4 is 34.1 Å². The van der Waals surface area contributed by atoms with Crippen LogP contribution in [-0.4, -0.2) is 15.2 Å². The highest BCUT2D eigenvalue weighted by Gasteiger charge is 2.03. The van der Waals surface area contributed by atoms with Gasteiger partial charge >= 0.3 is 6.01 Å². The SMILES string of the molecule is Nc1nnc(/C=C/c2ccc(OCc3cccnc3)c(Br)c2)o1. The molecule has 2 N–H and O–H groups in total. The molecule has 0 radical (unpaired) electrons. The number of nitrogen functional groups attached to an aromatic ring is 1. The fourth-order valence-electron chi connectivity index (χ4n) is 1.86. The second kappa shape index (κ2) is 7.06. The highest BCUT2D eigenvalue weighted by Crippen LogP contribution is 2.27. The van der Waals surface area contributed by atoms with Gasteiger partial charge in [-0.1, -0.05) is 17.2 Å². The summed E-state index contributed by atoms with van der Waals surface area (Å²) in [5.41, 5.74) is 7.34. The maximum Gasteiger partial charge on any atom is 0.313 e. The summed E-state index contributed by atoms with van der Waals surface area (Å²) in [5, 5.41) is 7.35. The van der Waals surface area contributed by atoms with Crippen LogP contribution in [0.2, 0.25) is 0 Å². The lowest BCUT2D eigenvalue weighted by atomic mass is 10.2. The van der Waals surface area contributed by atoms with Gasteiger partial charge in [0.15, 0.2) is 0 Å². The van der Waals surface area contributed by atoms with Gasteiger partial charge in [-0.3, -0.25) is 4.98 Å². The lowest BCUT2D eigenvalue weighted by Crippen LogP contribution is -1.96. The van der Waals surface area contributed by atoms with Crippen LogP contribution in [-0.2, 0) is 6.61 Å². The van der Waals surface area contributed by atoms with E-state index in [1.54, 1.807) is 18.5 Å². The summed E-state index contributed by atoms with van der Waals surface area (Å²) in [4.78, 5) is 4.06. The normalized spacial score (nSPS) is 11.0. The summed E-state index contributed by atoms with van der Waals surface area (Å²) >= 11 is 3.51. The van der Waals surface area contributed by atoms with Crippen molar-refractivity contribution in [3.63, 3.8) is 0 Å². The Balaban J connectivity index is 1.67. The first kappa shape index (κ1) is 15.2. The Morgan fingerprint density at radius 1 is 1.22 bits per heavy atom. The molecule has 0 aliphatic carbocycles. The standard InChI is InChI=1S/C16H13BrN4O2/c17-13-8-11(4-6-15-20-21-16(18)23-15)3-5-14(13)22-10-12-2-1-7-19-9-12/h1-9H,10H2,(H2,18,21)/b6-4+.